The molecule has 34 heavy (non-hydrogen) atoms. The van der Waals surface area contributed by atoms with Gasteiger partial charge in [0.2, 0.25) is 8.32 Å². The Labute approximate surface area is 208 Å². The highest BCUT2D eigenvalue weighted by Crippen LogP contribution is 2.54. The van der Waals surface area contributed by atoms with Gasteiger partial charge in [-0.05, 0) is 54.6 Å². The second-order valence-electron chi connectivity index (χ2n) is 12.0. The maximum atomic E-state index is 12.0. The zero-order chi connectivity index (χ0) is 25.7. The van der Waals surface area contributed by atoms with Gasteiger partial charge in [0.05, 0.1) is 0 Å². The number of amides is 1. The number of oxime groups is 1. The summed E-state index contributed by atoms with van der Waals surface area (Å²) in [5.74, 6) is 0.881. The van der Waals surface area contributed by atoms with Gasteiger partial charge in [0, 0.05) is 33.4 Å². The van der Waals surface area contributed by atoms with Gasteiger partial charge in [-0.15, -0.1) is 11.8 Å². The van der Waals surface area contributed by atoms with E-state index in [0.717, 1.165) is 16.2 Å². The predicted octanol–water partition coefficient (Wildman–Crippen LogP) is 6.18. The lowest BCUT2D eigenvalue weighted by Gasteiger charge is -2.50. The third-order valence-corrected chi connectivity index (χ3v) is 13.3. The number of hydrogen-bond acceptors (Lipinski definition) is 5. The van der Waals surface area contributed by atoms with Crippen LogP contribution in [0.5, 0.6) is 0 Å². The van der Waals surface area contributed by atoms with E-state index in [2.05, 4.69) is 65.9 Å². The molecule has 2 aliphatic heterocycles. The summed E-state index contributed by atoms with van der Waals surface area (Å²) < 4.78 is 6.60. The molecule has 0 aliphatic carbocycles. The molecule has 4 N–H and O–H groups in total. The fraction of sp³-hybridized carbons (Fsp3) is 0.600. The average Bonchev–Trinajstić information content (AvgIpc) is 2.71. The lowest BCUT2D eigenvalue weighted by Crippen LogP contribution is -2.55. The van der Waals surface area contributed by atoms with E-state index < -0.39 is 14.4 Å². The third-order valence-electron chi connectivity index (χ3n) is 7.46. The van der Waals surface area contributed by atoms with Gasteiger partial charge in [-0.2, -0.15) is 0 Å². The van der Waals surface area contributed by atoms with Crippen LogP contribution in [0.4, 0.5) is 4.79 Å². The van der Waals surface area contributed by atoms with Gasteiger partial charge >= 0.3 is 6.09 Å². The Balaban J connectivity index is 2.13. The molecule has 1 saturated heterocycles. The largest absolute Gasteiger partial charge is 0.543 e. The monoisotopic (exact) mass is 505 g/mol. The Morgan fingerprint density at radius 1 is 1.26 bits per heavy atom. The van der Waals surface area contributed by atoms with Crippen LogP contribution in [0.15, 0.2) is 34.3 Å². The molecule has 1 aromatic carbocycles. The van der Waals surface area contributed by atoms with Crippen molar-refractivity contribution >= 4 is 37.8 Å². The summed E-state index contributed by atoms with van der Waals surface area (Å²) in [4.78, 5) is 14.7. The lowest BCUT2D eigenvalue weighted by molar-refractivity contribution is 0.0536. The van der Waals surface area contributed by atoms with E-state index in [1.165, 1.54) is 0 Å². The SMILES string of the molecule is CC(C)(C)C1CC2(C=C(O[Si](C)(C)C(C)(C)C)c3cc(C(N)=NO)ccc3S2)CCN1C(=O)O. The number of benzene rings is 1. The molecule has 0 aromatic heterocycles. The van der Waals surface area contributed by atoms with E-state index in [4.69, 9.17) is 10.2 Å². The molecule has 7 nitrogen and oxygen atoms in total. The highest BCUT2D eigenvalue weighted by Gasteiger charge is 2.48. The number of nitrogens with two attached hydrogens (primary N) is 1. The summed E-state index contributed by atoms with van der Waals surface area (Å²) in [6, 6.07) is 5.68. The van der Waals surface area contributed by atoms with Gasteiger partial charge in [0.15, 0.2) is 5.84 Å². The highest BCUT2D eigenvalue weighted by molar-refractivity contribution is 8.01. The summed E-state index contributed by atoms with van der Waals surface area (Å²) in [7, 11) is -2.17. The van der Waals surface area contributed by atoms with E-state index >= 15 is 0 Å². The summed E-state index contributed by atoms with van der Waals surface area (Å²) in [5.41, 5.74) is 7.28. The van der Waals surface area contributed by atoms with Crippen molar-refractivity contribution in [3.05, 3.63) is 35.4 Å². The molecule has 2 atom stereocenters. The van der Waals surface area contributed by atoms with Crippen LogP contribution in [0.3, 0.4) is 0 Å². The molecule has 3 rings (SSSR count). The first kappa shape index (κ1) is 26.5. The molecule has 1 fully saturated rings. The van der Waals surface area contributed by atoms with E-state index in [1.807, 2.05) is 18.2 Å². The molecular formula is C25H39N3O4SSi. The first-order valence-electron chi connectivity index (χ1n) is 11.7. The topological polar surface area (TPSA) is 108 Å². The molecule has 0 radical (unpaired) electrons. The van der Waals surface area contributed by atoms with Gasteiger partial charge in [-0.1, -0.05) is 52.8 Å². The number of thioether (sulfide) groups is 1. The van der Waals surface area contributed by atoms with Crippen LogP contribution in [0.1, 0.15) is 65.5 Å². The summed E-state index contributed by atoms with van der Waals surface area (Å²) >= 11 is 1.78. The van der Waals surface area contributed by atoms with E-state index in [0.29, 0.717) is 24.9 Å². The van der Waals surface area contributed by atoms with E-state index in [1.54, 1.807) is 16.7 Å². The molecule has 1 spiro atoms. The molecule has 0 bridgehead atoms. The van der Waals surface area contributed by atoms with Crippen molar-refractivity contribution in [2.24, 2.45) is 16.3 Å². The van der Waals surface area contributed by atoms with Crippen LogP contribution < -0.4 is 5.73 Å². The number of rotatable bonds is 3. The van der Waals surface area contributed by atoms with Crippen molar-refractivity contribution in [3.63, 3.8) is 0 Å². The van der Waals surface area contributed by atoms with Crippen LogP contribution >= 0.6 is 11.8 Å². The third kappa shape index (κ3) is 5.10. The molecule has 2 unspecified atom stereocenters. The molecule has 1 aromatic rings. The van der Waals surface area contributed by atoms with Crippen LogP contribution in [0.25, 0.3) is 5.76 Å². The summed E-state index contributed by atoms with van der Waals surface area (Å²) in [6.45, 7) is 17.9. The molecule has 2 heterocycles. The van der Waals surface area contributed by atoms with Gasteiger partial charge in [0.1, 0.15) is 5.76 Å². The fourth-order valence-electron chi connectivity index (χ4n) is 4.34. The van der Waals surface area contributed by atoms with Crippen molar-refractivity contribution in [1.29, 1.82) is 0 Å². The molecular weight excluding hydrogens is 466 g/mol. The predicted molar refractivity (Wildman–Crippen MR) is 141 cm³/mol. The van der Waals surface area contributed by atoms with Gasteiger partial charge in [0.25, 0.3) is 0 Å². The minimum atomic E-state index is -2.17. The van der Waals surface area contributed by atoms with Crippen LogP contribution in [-0.2, 0) is 4.43 Å². The first-order chi connectivity index (χ1) is 15.5. The average molecular weight is 506 g/mol. The Bertz CT molecular complexity index is 1030. The summed E-state index contributed by atoms with van der Waals surface area (Å²) in [5, 5.41) is 22.2. The Morgan fingerprint density at radius 2 is 1.91 bits per heavy atom. The van der Waals surface area contributed by atoms with Gasteiger partial charge in [-0.3, -0.25) is 0 Å². The Kier molecular flexibility index (Phi) is 6.87. The Morgan fingerprint density at radius 3 is 2.44 bits per heavy atom. The van der Waals surface area contributed by atoms with Crippen LogP contribution in [0, 0.1) is 5.41 Å². The molecule has 188 valence electrons. The zero-order valence-corrected chi connectivity index (χ0v) is 23.4. The van der Waals surface area contributed by atoms with Gasteiger partial charge < -0.3 is 25.4 Å². The van der Waals surface area contributed by atoms with Gasteiger partial charge in [-0.25, -0.2) is 4.79 Å². The minimum absolute atomic E-state index is 0.00949. The molecule has 0 saturated carbocycles. The van der Waals surface area contributed by atoms with Crippen molar-refractivity contribution in [2.75, 3.05) is 6.54 Å². The van der Waals surface area contributed by atoms with E-state index in [9.17, 15) is 15.1 Å². The number of likely N-dealkylation sites (tertiary alicyclic amines) is 1. The second-order valence-corrected chi connectivity index (χ2v) is 18.2. The highest BCUT2D eigenvalue weighted by atomic mass is 32.2. The first-order valence-corrected chi connectivity index (χ1v) is 15.4. The fourth-order valence-corrected chi connectivity index (χ4v) is 6.81. The standard InChI is InChI=1S/C25H39N3O4SSi/c1-23(2,3)20-15-25(11-12-28(20)22(29)30)14-18(32-34(7,8)24(4,5)6)17-13-16(21(26)27-31)9-10-19(17)33-25/h9-10,13-14,20,31H,11-12,15H2,1-8H3,(H2,26,27)(H,29,30). The van der Waals surface area contributed by atoms with Crippen molar-refractivity contribution in [1.82, 2.24) is 4.90 Å². The van der Waals surface area contributed by atoms with Crippen molar-refractivity contribution < 1.29 is 19.5 Å². The number of fused-ring (bicyclic) bond motifs is 1. The molecule has 1 amide bonds. The van der Waals surface area contributed by atoms with E-state index in [-0.39, 0.29) is 27.1 Å². The minimum Gasteiger partial charge on any atom is -0.543 e. The number of carbonyl (C=O) groups is 1. The quantitative estimate of drug-likeness (QED) is 0.149. The maximum Gasteiger partial charge on any atom is 0.407 e. The number of piperidine rings is 1. The van der Waals surface area contributed by atoms with Crippen LogP contribution in [0.2, 0.25) is 18.1 Å². The number of hydrogen-bond donors (Lipinski definition) is 3. The van der Waals surface area contributed by atoms with Crippen molar-refractivity contribution in [2.45, 2.75) is 88.2 Å². The zero-order valence-electron chi connectivity index (χ0n) is 21.6. The van der Waals surface area contributed by atoms with Crippen LogP contribution in [-0.4, -0.2) is 52.8 Å². The summed E-state index contributed by atoms with van der Waals surface area (Å²) in [6.07, 6.45) is 2.79. The maximum absolute atomic E-state index is 12.0. The number of nitrogens with zero attached hydrogens (tertiary/aromatic N) is 2. The molecule has 2 aliphatic rings. The normalized spacial score (nSPS) is 24.0. The van der Waals surface area contributed by atoms with Crippen molar-refractivity contribution in [3.8, 4) is 0 Å². The number of carboxylic acid groups (broad SMARTS) is 1. The second kappa shape index (κ2) is 8.82. The number of amidine groups is 1. The Hall–Kier alpha value is -2.13. The molecule has 9 heteroatoms. The smallest absolute Gasteiger partial charge is 0.407 e. The lowest BCUT2D eigenvalue weighted by atomic mass is 9.76.